The highest BCUT2D eigenvalue weighted by Crippen LogP contribution is 2.12. The SMILES string of the molecule is N#CONc1nc2ccccc2[nH]1. The predicted octanol–water partition coefficient (Wildman–Crippen LogP) is 1.39. The summed E-state index contributed by atoms with van der Waals surface area (Å²) in [6, 6.07) is 7.54. The number of rotatable bonds is 2. The highest BCUT2D eigenvalue weighted by Gasteiger charge is 1.99. The normalized spacial score (nSPS) is 9.46. The summed E-state index contributed by atoms with van der Waals surface area (Å²) in [5, 5.41) is 8.13. The lowest BCUT2D eigenvalue weighted by Gasteiger charge is -1.91. The molecule has 0 fully saturated rings. The predicted molar refractivity (Wildman–Crippen MR) is 46.4 cm³/mol. The van der Waals surface area contributed by atoms with Crippen LogP contribution in [0.15, 0.2) is 24.3 Å². The van der Waals surface area contributed by atoms with Crippen molar-refractivity contribution in [3.63, 3.8) is 0 Å². The third-order valence-corrected chi connectivity index (χ3v) is 1.58. The van der Waals surface area contributed by atoms with E-state index in [1.54, 1.807) is 0 Å². The quantitative estimate of drug-likeness (QED) is 0.533. The first-order valence-corrected chi connectivity index (χ1v) is 3.66. The Hall–Kier alpha value is -2.22. The molecule has 5 nitrogen and oxygen atoms in total. The minimum absolute atomic E-state index is 0.419. The van der Waals surface area contributed by atoms with Crippen LogP contribution in [-0.2, 0) is 4.84 Å². The van der Waals surface area contributed by atoms with Crippen LogP contribution in [0.25, 0.3) is 11.0 Å². The summed E-state index contributed by atoms with van der Waals surface area (Å²) in [6.45, 7) is 0. The van der Waals surface area contributed by atoms with Gasteiger partial charge in [0.1, 0.15) is 0 Å². The molecule has 13 heavy (non-hydrogen) atoms. The van der Waals surface area contributed by atoms with Crippen molar-refractivity contribution in [2.45, 2.75) is 0 Å². The molecule has 1 heterocycles. The van der Waals surface area contributed by atoms with Crippen molar-refractivity contribution in [2.75, 3.05) is 5.48 Å². The second-order valence-corrected chi connectivity index (χ2v) is 2.40. The van der Waals surface area contributed by atoms with Crippen molar-refractivity contribution >= 4 is 17.0 Å². The zero-order valence-electron chi connectivity index (χ0n) is 6.61. The van der Waals surface area contributed by atoms with Crippen LogP contribution in [0.1, 0.15) is 0 Å². The number of para-hydroxylation sites is 2. The molecule has 0 saturated carbocycles. The average molecular weight is 174 g/mol. The molecule has 0 bridgehead atoms. The number of imidazole rings is 1. The Morgan fingerprint density at radius 2 is 2.31 bits per heavy atom. The highest BCUT2D eigenvalue weighted by atomic mass is 16.6. The first-order chi connectivity index (χ1) is 6.40. The van der Waals surface area contributed by atoms with Crippen LogP contribution in [0.2, 0.25) is 0 Å². The van der Waals surface area contributed by atoms with E-state index >= 15 is 0 Å². The summed E-state index contributed by atoms with van der Waals surface area (Å²) in [5.74, 6) is 0.419. The summed E-state index contributed by atoms with van der Waals surface area (Å²) in [6.07, 6.45) is 1.49. The van der Waals surface area contributed by atoms with Gasteiger partial charge in [-0.15, -0.1) is 5.26 Å². The minimum atomic E-state index is 0.419. The number of hydrogen-bond donors (Lipinski definition) is 2. The van der Waals surface area contributed by atoms with Gasteiger partial charge in [0.2, 0.25) is 5.95 Å². The molecule has 0 saturated heterocycles. The van der Waals surface area contributed by atoms with Gasteiger partial charge in [-0.2, -0.15) is 5.48 Å². The van der Waals surface area contributed by atoms with Gasteiger partial charge >= 0.3 is 6.26 Å². The van der Waals surface area contributed by atoms with Crippen molar-refractivity contribution in [3.05, 3.63) is 24.3 Å². The topological polar surface area (TPSA) is 73.7 Å². The lowest BCUT2D eigenvalue weighted by atomic mass is 10.3. The molecule has 2 aromatic rings. The Balaban J connectivity index is 2.34. The van der Waals surface area contributed by atoms with Gasteiger partial charge in [0.05, 0.1) is 11.0 Å². The first-order valence-electron chi connectivity index (χ1n) is 3.66. The zero-order valence-corrected chi connectivity index (χ0v) is 6.61. The van der Waals surface area contributed by atoms with Gasteiger partial charge in [0.15, 0.2) is 0 Å². The van der Waals surface area contributed by atoms with Crippen molar-refractivity contribution in [3.8, 4) is 6.26 Å². The van der Waals surface area contributed by atoms with Gasteiger partial charge in [-0.25, -0.2) is 4.98 Å². The summed E-state index contributed by atoms with van der Waals surface area (Å²) in [4.78, 5) is 11.4. The number of anilines is 1. The lowest BCUT2D eigenvalue weighted by molar-refractivity contribution is 0.349. The maximum Gasteiger partial charge on any atom is 0.314 e. The molecule has 2 N–H and O–H groups in total. The van der Waals surface area contributed by atoms with Gasteiger partial charge < -0.3 is 4.98 Å². The van der Waals surface area contributed by atoms with Crippen LogP contribution in [-0.4, -0.2) is 9.97 Å². The van der Waals surface area contributed by atoms with Crippen LogP contribution in [0.5, 0.6) is 0 Å². The fraction of sp³-hybridized carbons (Fsp3) is 0. The van der Waals surface area contributed by atoms with E-state index in [-0.39, 0.29) is 0 Å². The van der Waals surface area contributed by atoms with E-state index in [4.69, 9.17) is 5.26 Å². The molecule has 0 atom stereocenters. The van der Waals surface area contributed by atoms with Crippen molar-refractivity contribution in [1.82, 2.24) is 9.97 Å². The summed E-state index contributed by atoms with van der Waals surface area (Å²) in [7, 11) is 0. The maximum atomic E-state index is 8.13. The molecule has 0 aliphatic heterocycles. The molecule has 1 aromatic heterocycles. The van der Waals surface area contributed by atoms with Crippen LogP contribution < -0.4 is 5.48 Å². The number of nitrogens with one attached hydrogen (secondary N) is 2. The molecule has 2 rings (SSSR count). The standard InChI is InChI=1S/C8H6N4O/c9-5-13-12-8-10-6-3-1-2-4-7(6)11-8/h1-4H,(H2,10,11,12). The largest absolute Gasteiger partial charge is 0.322 e. The number of nitrogens with zero attached hydrogens (tertiary/aromatic N) is 2. The number of fused-ring (bicyclic) bond motifs is 1. The van der Waals surface area contributed by atoms with Crippen molar-refractivity contribution in [1.29, 1.82) is 5.26 Å². The molecule has 5 heteroatoms. The van der Waals surface area contributed by atoms with E-state index in [0.29, 0.717) is 5.95 Å². The van der Waals surface area contributed by atoms with E-state index in [0.717, 1.165) is 11.0 Å². The molecule has 0 radical (unpaired) electrons. The maximum absolute atomic E-state index is 8.13. The first kappa shape index (κ1) is 7.43. The van der Waals surface area contributed by atoms with Gasteiger partial charge in [-0.3, -0.25) is 4.84 Å². The average Bonchev–Trinajstić information content (AvgIpc) is 2.57. The molecule has 0 amide bonds. The number of nitriles is 1. The third-order valence-electron chi connectivity index (χ3n) is 1.58. The minimum Gasteiger partial charge on any atom is -0.322 e. The monoisotopic (exact) mass is 174 g/mol. The Bertz CT molecular complexity index is 423. The molecule has 1 aromatic carbocycles. The molecule has 0 aliphatic rings. The molecule has 0 aliphatic carbocycles. The second kappa shape index (κ2) is 3.03. The third kappa shape index (κ3) is 1.37. The number of benzene rings is 1. The van der Waals surface area contributed by atoms with Crippen molar-refractivity contribution < 1.29 is 4.84 Å². The van der Waals surface area contributed by atoms with Gasteiger partial charge in [-0.1, -0.05) is 12.1 Å². The smallest absolute Gasteiger partial charge is 0.314 e. The number of aromatic amines is 1. The number of aromatic nitrogens is 2. The summed E-state index contributed by atoms with van der Waals surface area (Å²) >= 11 is 0. The van der Waals surface area contributed by atoms with Crippen LogP contribution in [0.3, 0.4) is 0 Å². The molecule has 0 unspecified atom stereocenters. The Kier molecular flexibility index (Phi) is 1.73. The number of H-pyrrole nitrogens is 1. The van der Waals surface area contributed by atoms with Gasteiger partial charge in [-0.05, 0) is 12.1 Å². The van der Waals surface area contributed by atoms with Gasteiger partial charge in [0.25, 0.3) is 0 Å². The zero-order chi connectivity index (χ0) is 9.10. The fourth-order valence-corrected chi connectivity index (χ4v) is 1.07. The second-order valence-electron chi connectivity index (χ2n) is 2.40. The Morgan fingerprint density at radius 3 is 3.08 bits per heavy atom. The van der Waals surface area contributed by atoms with E-state index in [9.17, 15) is 0 Å². The number of hydrogen-bond acceptors (Lipinski definition) is 4. The molecular weight excluding hydrogens is 168 g/mol. The van der Waals surface area contributed by atoms with E-state index in [1.165, 1.54) is 6.26 Å². The van der Waals surface area contributed by atoms with E-state index in [1.807, 2.05) is 24.3 Å². The van der Waals surface area contributed by atoms with E-state index in [2.05, 4.69) is 20.3 Å². The van der Waals surface area contributed by atoms with E-state index < -0.39 is 0 Å². The van der Waals surface area contributed by atoms with Crippen molar-refractivity contribution in [2.24, 2.45) is 0 Å². The fourth-order valence-electron chi connectivity index (χ4n) is 1.07. The molecule has 0 spiro atoms. The van der Waals surface area contributed by atoms with Crippen LogP contribution in [0, 0.1) is 11.5 Å². The van der Waals surface area contributed by atoms with Crippen LogP contribution in [0.4, 0.5) is 5.95 Å². The Morgan fingerprint density at radius 1 is 1.46 bits per heavy atom. The summed E-state index contributed by atoms with van der Waals surface area (Å²) < 4.78 is 0. The van der Waals surface area contributed by atoms with Crippen LogP contribution >= 0.6 is 0 Å². The molecular formula is C8H6N4O. The summed E-state index contributed by atoms with van der Waals surface area (Å²) in [5.41, 5.74) is 4.08. The highest BCUT2D eigenvalue weighted by molar-refractivity contribution is 5.76. The molecule has 64 valence electrons. The van der Waals surface area contributed by atoms with Gasteiger partial charge in [0, 0.05) is 0 Å². The Labute approximate surface area is 73.9 Å². The lowest BCUT2D eigenvalue weighted by Crippen LogP contribution is -1.96.